The van der Waals surface area contributed by atoms with Gasteiger partial charge < -0.3 is 9.88 Å². The molecule has 1 fully saturated rings. The molecule has 1 atom stereocenters. The number of benzene rings is 1. The van der Waals surface area contributed by atoms with Crippen molar-refractivity contribution in [3.63, 3.8) is 0 Å². The van der Waals surface area contributed by atoms with Gasteiger partial charge in [0.05, 0.1) is 10.9 Å². The molecule has 1 saturated carbocycles. The minimum absolute atomic E-state index is 0.196. The molecule has 8 heteroatoms. The number of nitrogens with one attached hydrogen (secondary N) is 1. The molecule has 30 heavy (non-hydrogen) atoms. The predicted molar refractivity (Wildman–Crippen MR) is 120 cm³/mol. The van der Waals surface area contributed by atoms with Crippen molar-refractivity contribution in [1.29, 1.82) is 0 Å². The lowest BCUT2D eigenvalue weighted by Gasteiger charge is -2.26. The number of thiophene rings is 1. The van der Waals surface area contributed by atoms with Crippen molar-refractivity contribution in [3.8, 4) is 0 Å². The third-order valence-electron chi connectivity index (χ3n) is 5.37. The van der Waals surface area contributed by atoms with Gasteiger partial charge in [0.2, 0.25) is 5.91 Å². The number of halogens is 1. The summed E-state index contributed by atoms with van der Waals surface area (Å²) in [7, 11) is 0. The van der Waals surface area contributed by atoms with E-state index in [0.717, 1.165) is 30.2 Å². The predicted octanol–water partition coefficient (Wildman–Crippen LogP) is 5.69. The van der Waals surface area contributed by atoms with Gasteiger partial charge in [-0.05, 0) is 43.3 Å². The maximum absolute atomic E-state index is 13.9. The fourth-order valence-corrected chi connectivity index (χ4v) is 5.43. The van der Waals surface area contributed by atoms with E-state index in [9.17, 15) is 9.18 Å². The summed E-state index contributed by atoms with van der Waals surface area (Å²) in [5.74, 6) is 0.267. The lowest BCUT2D eigenvalue weighted by atomic mass is 9.95. The number of anilines is 1. The van der Waals surface area contributed by atoms with Gasteiger partial charge in [0.25, 0.3) is 0 Å². The standard InChI is InChI=1S/C22H25FN4OS2/c1-15(21(28)24-19-12-6-5-11-18(19)23)30-22-26-25-20(14-17-10-7-13-29-17)27(22)16-8-3-2-4-9-16/h5-7,10-13,15-16H,2-4,8-9,14H2,1H3,(H,24,28). The number of carbonyl (C=O) groups is 1. The average molecular weight is 445 g/mol. The first-order chi connectivity index (χ1) is 14.6. The van der Waals surface area contributed by atoms with Gasteiger partial charge in [-0.15, -0.1) is 21.5 Å². The Balaban J connectivity index is 1.53. The van der Waals surface area contributed by atoms with Crippen molar-refractivity contribution in [1.82, 2.24) is 14.8 Å². The second kappa shape index (κ2) is 9.75. The lowest BCUT2D eigenvalue weighted by molar-refractivity contribution is -0.115. The molecule has 2 heterocycles. The van der Waals surface area contributed by atoms with Gasteiger partial charge in [0.15, 0.2) is 5.16 Å². The molecule has 1 unspecified atom stereocenters. The van der Waals surface area contributed by atoms with Crippen molar-refractivity contribution in [2.75, 3.05) is 5.32 Å². The first kappa shape index (κ1) is 21.1. The number of rotatable bonds is 7. The van der Waals surface area contributed by atoms with Gasteiger partial charge in [-0.3, -0.25) is 4.79 Å². The summed E-state index contributed by atoms with van der Waals surface area (Å²) in [6.07, 6.45) is 6.64. The molecule has 0 bridgehead atoms. The second-order valence-corrected chi connectivity index (χ2v) is 9.89. The Bertz CT molecular complexity index is 983. The number of aromatic nitrogens is 3. The number of thioether (sulfide) groups is 1. The highest BCUT2D eigenvalue weighted by molar-refractivity contribution is 8.00. The Morgan fingerprint density at radius 1 is 1.23 bits per heavy atom. The van der Waals surface area contributed by atoms with Crippen molar-refractivity contribution < 1.29 is 9.18 Å². The Morgan fingerprint density at radius 2 is 2.03 bits per heavy atom. The number of amides is 1. The van der Waals surface area contributed by atoms with E-state index in [1.54, 1.807) is 29.5 Å². The maximum Gasteiger partial charge on any atom is 0.237 e. The first-order valence-electron chi connectivity index (χ1n) is 10.3. The smallest absolute Gasteiger partial charge is 0.237 e. The van der Waals surface area contributed by atoms with Crippen molar-refractivity contribution in [2.24, 2.45) is 0 Å². The fraction of sp³-hybridized carbons (Fsp3) is 0.409. The SMILES string of the molecule is CC(Sc1nnc(Cc2cccs2)n1C1CCCCC1)C(=O)Nc1ccccc1F. The third-order valence-corrected chi connectivity index (χ3v) is 7.30. The molecular weight excluding hydrogens is 419 g/mol. The van der Waals surface area contributed by atoms with Gasteiger partial charge in [-0.25, -0.2) is 4.39 Å². The van der Waals surface area contributed by atoms with E-state index in [-0.39, 0.29) is 11.6 Å². The summed E-state index contributed by atoms with van der Waals surface area (Å²) in [5.41, 5.74) is 0.196. The average Bonchev–Trinajstić information content (AvgIpc) is 3.41. The van der Waals surface area contributed by atoms with Crippen LogP contribution in [-0.4, -0.2) is 25.9 Å². The van der Waals surface area contributed by atoms with E-state index in [4.69, 9.17) is 0 Å². The molecule has 0 aliphatic heterocycles. The van der Waals surface area contributed by atoms with Crippen LogP contribution in [0.1, 0.15) is 55.8 Å². The summed E-state index contributed by atoms with van der Waals surface area (Å²) < 4.78 is 16.1. The normalized spacial score (nSPS) is 15.8. The molecule has 4 rings (SSSR count). The molecule has 3 aromatic rings. The van der Waals surface area contributed by atoms with Crippen LogP contribution in [0.4, 0.5) is 10.1 Å². The van der Waals surface area contributed by atoms with Crippen LogP contribution in [0.2, 0.25) is 0 Å². The van der Waals surface area contributed by atoms with Gasteiger partial charge in [-0.2, -0.15) is 0 Å². The molecule has 1 amide bonds. The molecule has 0 saturated heterocycles. The summed E-state index contributed by atoms with van der Waals surface area (Å²) >= 11 is 3.10. The zero-order chi connectivity index (χ0) is 20.9. The van der Waals surface area contributed by atoms with E-state index < -0.39 is 11.1 Å². The fourth-order valence-electron chi connectivity index (χ4n) is 3.79. The van der Waals surface area contributed by atoms with Gasteiger partial charge in [0, 0.05) is 17.3 Å². The Labute approximate surface area is 184 Å². The van der Waals surface area contributed by atoms with Crippen LogP contribution >= 0.6 is 23.1 Å². The third kappa shape index (κ3) is 4.92. The molecule has 2 aromatic heterocycles. The highest BCUT2D eigenvalue weighted by Crippen LogP contribution is 2.35. The highest BCUT2D eigenvalue weighted by atomic mass is 32.2. The number of para-hydroxylation sites is 1. The van der Waals surface area contributed by atoms with Gasteiger partial charge >= 0.3 is 0 Å². The zero-order valence-corrected chi connectivity index (χ0v) is 18.5. The van der Waals surface area contributed by atoms with Crippen LogP contribution < -0.4 is 5.32 Å². The summed E-state index contributed by atoms with van der Waals surface area (Å²) in [6, 6.07) is 10.7. The van der Waals surface area contributed by atoms with Gasteiger partial charge in [-0.1, -0.05) is 49.2 Å². The number of carbonyl (C=O) groups excluding carboxylic acids is 1. The highest BCUT2D eigenvalue weighted by Gasteiger charge is 2.26. The molecule has 0 spiro atoms. The summed E-state index contributed by atoms with van der Waals surface area (Å²) in [4.78, 5) is 13.9. The van der Waals surface area contributed by atoms with E-state index in [0.29, 0.717) is 6.04 Å². The first-order valence-corrected chi connectivity index (χ1v) is 12.1. The van der Waals surface area contributed by atoms with E-state index in [1.165, 1.54) is 42.0 Å². The quantitative estimate of drug-likeness (QED) is 0.475. The Kier molecular flexibility index (Phi) is 6.84. The summed E-state index contributed by atoms with van der Waals surface area (Å²) in [5, 5.41) is 14.0. The number of hydrogen-bond acceptors (Lipinski definition) is 5. The van der Waals surface area contributed by atoms with Crippen molar-refractivity contribution >= 4 is 34.7 Å². The molecule has 5 nitrogen and oxygen atoms in total. The summed E-state index contributed by atoms with van der Waals surface area (Å²) in [6.45, 7) is 1.82. The molecule has 158 valence electrons. The van der Waals surface area contributed by atoms with Crippen LogP contribution in [0.3, 0.4) is 0 Å². The van der Waals surface area contributed by atoms with E-state index in [2.05, 4.69) is 31.5 Å². The van der Waals surface area contributed by atoms with Crippen LogP contribution in [-0.2, 0) is 11.2 Å². The minimum atomic E-state index is -0.438. The minimum Gasteiger partial charge on any atom is -0.323 e. The van der Waals surface area contributed by atoms with Crippen molar-refractivity contribution in [2.45, 2.75) is 61.9 Å². The molecule has 1 N–H and O–H groups in total. The second-order valence-electron chi connectivity index (χ2n) is 7.55. The number of hydrogen-bond donors (Lipinski definition) is 1. The lowest BCUT2D eigenvalue weighted by Crippen LogP contribution is -2.24. The Morgan fingerprint density at radius 3 is 2.77 bits per heavy atom. The Hall–Kier alpha value is -2.19. The van der Waals surface area contributed by atoms with Crippen molar-refractivity contribution in [3.05, 3.63) is 58.3 Å². The van der Waals surface area contributed by atoms with E-state index in [1.807, 2.05) is 13.0 Å². The largest absolute Gasteiger partial charge is 0.323 e. The van der Waals surface area contributed by atoms with Crippen LogP contribution in [0.15, 0.2) is 46.9 Å². The van der Waals surface area contributed by atoms with Crippen LogP contribution in [0.5, 0.6) is 0 Å². The monoisotopic (exact) mass is 444 g/mol. The molecule has 1 aliphatic carbocycles. The topological polar surface area (TPSA) is 59.8 Å². The maximum atomic E-state index is 13.9. The molecule has 0 radical (unpaired) electrons. The van der Waals surface area contributed by atoms with Gasteiger partial charge in [0.1, 0.15) is 11.6 Å². The molecular formula is C22H25FN4OS2. The van der Waals surface area contributed by atoms with E-state index >= 15 is 0 Å². The number of nitrogens with zero attached hydrogens (tertiary/aromatic N) is 3. The molecule has 1 aliphatic rings. The molecule has 1 aromatic carbocycles. The van der Waals surface area contributed by atoms with Crippen LogP contribution in [0, 0.1) is 5.82 Å². The zero-order valence-electron chi connectivity index (χ0n) is 16.9. The van der Waals surface area contributed by atoms with Crippen LogP contribution in [0.25, 0.3) is 0 Å².